The highest BCUT2D eigenvalue weighted by atomic mass is 16.4. The second-order valence-corrected chi connectivity index (χ2v) is 6.13. The third-order valence-corrected chi connectivity index (χ3v) is 4.34. The quantitative estimate of drug-likeness (QED) is 0.921. The van der Waals surface area contributed by atoms with Crippen molar-refractivity contribution >= 4 is 11.8 Å². The minimum atomic E-state index is -0.923. The van der Waals surface area contributed by atoms with Gasteiger partial charge in [-0.2, -0.15) is 5.10 Å². The monoisotopic (exact) mass is 312 g/mol. The Morgan fingerprint density at radius 1 is 1.39 bits per heavy atom. The molecule has 0 saturated heterocycles. The van der Waals surface area contributed by atoms with E-state index in [1.54, 1.807) is 0 Å². The minimum absolute atomic E-state index is 0.0487. The van der Waals surface area contributed by atoms with Crippen molar-refractivity contribution in [2.24, 2.45) is 5.92 Å². The number of fused-ring (bicyclic) bond motifs is 1. The van der Waals surface area contributed by atoms with E-state index in [0.717, 1.165) is 35.3 Å². The Labute approximate surface area is 134 Å². The summed E-state index contributed by atoms with van der Waals surface area (Å²) in [7, 11) is 0. The standard InChI is InChI=1S/C18H20N2O3/c1-3-6-20-10-16(11(2)19-20)12-4-5-15-13(7-12)8-14(18(15)23)9-17(21)22/h4-5,7,10,14H,3,6,8-9H2,1-2H3,(H,21,22). The Balaban J connectivity index is 1.91. The fourth-order valence-electron chi connectivity index (χ4n) is 3.27. The van der Waals surface area contributed by atoms with Crippen molar-refractivity contribution < 1.29 is 14.7 Å². The molecule has 5 heteroatoms. The molecule has 1 unspecified atom stereocenters. The van der Waals surface area contributed by atoms with Gasteiger partial charge in [0, 0.05) is 29.8 Å². The third kappa shape index (κ3) is 2.91. The van der Waals surface area contributed by atoms with Gasteiger partial charge in [0.25, 0.3) is 0 Å². The Morgan fingerprint density at radius 3 is 2.87 bits per heavy atom. The largest absolute Gasteiger partial charge is 0.481 e. The molecule has 0 saturated carbocycles. The van der Waals surface area contributed by atoms with Gasteiger partial charge in [0.2, 0.25) is 0 Å². The summed E-state index contributed by atoms with van der Waals surface area (Å²) in [6.45, 7) is 4.97. The van der Waals surface area contributed by atoms with Gasteiger partial charge in [0.15, 0.2) is 5.78 Å². The lowest BCUT2D eigenvalue weighted by atomic mass is 10.0. The van der Waals surface area contributed by atoms with Gasteiger partial charge in [0.05, 0.1) is 12.1 Å². The zero-order valence-electron chi connectivity index (χ0n) is 13.4. The highest BCUT2D eigenvalue weighted by Crippen LogP contribution is 2.33. The maximum Gasteiger partial charge on any atom is 0.304 e. The van der Waals surface area contributed by atoms with E-state index in [1.807, 2.05) is 36.0 Å². The highest BCUT2D eigenvalue weighted by Gasteiger charge is 2.32. The Morgan fingerprint density at radius 2 is 2.17 bits per heavy atom. The summed E-state index contributed by atoms with van der Waals surface area (Å²) in [5, 5.41) is 13.4. The third-order valence-electron chi connectivity index (χ3n) is 4.34. The number of nitrogens with zero attached hydrogens (tertiary/aromatic N) is 2. The Hall–Kier alpha value is -2.43. The molecule has 2 aromatic rings. The number of aromatic nitrogens is 2. The lowest BCUT2D eigenvalue weighted by Gasteiger charge is -2.03. The molecule has 1 atom stereocenters. The number of carbonyl (C=O) groups is 2. The van der Waals surface area contributed by atoms with Crippen LogP contribution in [0.1, 0.15) is 41.4 Å². The smallest absolute Gasteiger partial charge is 0.304 e. The van der Waals surface area contributed by atoms with Gasteiger partial charge in [-0.1, -0.05) is 25.1 Å². The van der Waals surface area contributed by atoms with Crippen molar-refractivity contribution in [2.45, 2.75) is 39.7 Å². The van der Waals surface area contributed by atoms with Crippen LogP contribution in [-0.2, 0) is 17.8 Å². The molecule has 1 aliphatic carbocycles. The van der Waals surface area contributed by atoms with Crippen LogP contribution in [0.25, 0.3) is 11.1 Å². The summed E-state index contributed by atoms with van der Waals surface area (Å²) in [5.74, 6) is -1.40. The molecule has 120 valence electrons. The number of benzene rings is 1. The molecule has 0 bridgehead atoms. The van der Waals surface area contributed by atoms with Crippen LogP contribution in [0.15, 0.2) is 24.4 Å². The predicted molar refractivity (Wildman–Crippen MR) is 86.5 cm³/mol. The zero-order valence-corrected chi connectivity index (χ0v) is 13.4. The predicted octanol–water partition coefficient (Wildman–Crippen LogP) is 3.10. The molecule has 1 aliphatic rings. The van der Waals surface area contributed by atoms with Crippen LogP contribution >= 0.6 is 0 Å². The Bertz CT molecular complexity index is 777. The molecule has 5 nitrogen and oxygen atoms in total. The van der Waals surface area contributed by atoms with Crippen molar-refractivity contribution in [3.8, 4) is 11.1 Å². The van der Waals surface area contributed by atoms with E-state index < -0.39 is 11.9 Å². The van der Waals surface area contributed by atoms with E-state index in [1.165, 1.54) is 0 Å². The lowest BCUT2D eigenvalue weighted by molar-refractivity contribution is -0.137. The summed E-state index contributed by atoms with van der Waals surface area (Å²) >= 11 is 0. The van der Waals surface area contributed by atoms with Crippen molar-refractivity contribution in [1.82, 2.24) is 9.78 Å². The average molecular weight is 312 g/mol. The number of carboxylic acids is 1. The van der Waals surface area contributed by atoms with Crippen molar-refractivity contribution in [2.75, 3.05) is 0 Å². The number of rotatable bonds is 5. The van der Waals surface area contributed by atoms with Gasteiger partial charge in [-0.05, 0) is 30.9 Å². The van der Waals surface area contributed by atoms with Gasteiger partial charge >= 0.3 is 5.97 Å². The number of carbonyl (C=O) groups excluding carboxylic acids is 1. The van der Waals surface area contributed by atoms with Crippen LogP contribution in [-0.4, -0.2) is 26.6 Å². The minimum Gasteiger partial charge on any atom is -0.481 e. The molecular formula is C18H20N2O3. The number of aryl methyl sites for hydroxylation is 2. The summed E-state index contributed by atoms with van der Waals surface area (Å²) in [6, 6.07) is 5.76. The van der Waals surface area contributed by atoms with Crippen LogP contribution in [0.5, 0.6) is 0 Å². The van der Waals surface area contributed by atoms with Gasteiger partial charge in [-0.15, -0.1) is 0 Å². The SMILES string of the molecule is CCCn1cc(-c2ccc3c(c2)CC(CC(=O)O)C3=O)c(C)n1. The summed E-state index contributed by atoms with van der Waals surface area (Å²) in [4.78, 5) is 23.1. The van der Waals surface area contributed by atoms with E-state index >= 15 is 0 Å². The van der Waals surface area contributed by atoms with Crippen LogP contribution in [0, 0.1) is 12.8 Å². The highest BCUT2D eigenvalue weighted by molar-refractivity contribution is 6.04. The molecule has 1 heterocycles. The van der Waals surface area contributed by atoms with Crippen LogP contribution in [0.3, 0.4) is 0 Å². The molecule has 1 aromatic carbocycles. The normalized spacial score (nSPS) is 16.6. The topological polar surface area (TPSA) is 72.2 Å². The number of Topliss-reactive ketones (excluding diaryl/α,β-unsaturated/α-hetero) is 1. The summed E-state index contributed by atoms with van der Waals surface area (Å²) in [5.41, 5.74) is 4.67. The summed E-state index contributed by atoms with van der Waals surface area (Å²) < 4.78 is 1.94. The number of hydrogen-bond acceptors (Lipinski definition) is 3. The van der Waals surface area contributed by atoms with E-state index in [-0.39, 0.29) is 12.2 Å². The number of aliphatic carboxylic acids is 1. The number of ketones is 1. The molecule has 1 aromatic heterocycles. The average Bonchev–Trinajstić information content (AvgIpc) is 3.00. The van der Waals surface area contributed by atoms with Crippen molar-refractivity contribution in [1.29, 1.82) is 0 Å². The fourth-order valence-corrected chi connectivity index (χ4v) is 3.27. The fraction of sp³-hybridized carbons (Fsp3) is 0.389. The lowest BCUT2D eigenvalue weighted by Crippen LogP contribution is -2.13. The van der Waals surface area contributed by atoms with Gasteiger partial charge in [0.1, 0.15) is 0 Å². The van der Waals surface area contributed by atoms with E-state index in [4.69, 9.17) is 5.11 Å². The van der Waals surface area contributed by atoms with Gasteiger partial charge in [-0.25, -0.2) is 0 Å². The first-order valence-corrected chi connectivity index (χ1v) is 7.93. The van der Waals surface area contributed by atoms with E-state index in [9.17, 15) is 9.59 Å². The number of hydrogen-bond donors (Lipinski definition) is 1. The second-order valence-electron chi connectivity index (χ2n) is 6.13. The van der Waals surface area contributed by atoms with Crippen LogP contribution in [0.4, 0.5) is 0 Å². The Kier molecular flexibility index (Phi) is 4.03. The van der Waals surface area contributed by atoms with Crippen LogP contribution < -0.4 is 0 Å². The van der Waals surface area contributed by atoms with Crippen molar-refractivity contribution in [3.05, 3.63) is 41.2 Å². The molecule has 0 fully saturated rings. The van der Waals surface area contributed by atoms with Gasteiger partial charge in [-0.3, -0.25) is 14.3 Å². The maximum atomic E-state index is 12.3. The first kappa shape index (κ1) is 15.5. The van der Waals surface area contributed by atoms with Gasteiger partial charge < -0.3 is 5.11 Å². The molecule has 1 N–H and O–H groups in total. The zero-order chi connectivity index (χ0) is 16.6. The number of carboxylic acid groups (broad SMARTS) is 1. The first-order valence-electron chi connectivity index (χ1n) is 7.93. The molecule has 0 radical (unpaired) electrons. The molecule has 0 amide bonds. The van der Waals surface area contributed by atoms with Crippen LogP contribution in [0.2, 0.25) is 0 Å². The molecule has 3 rings (SSSR count). The molecule has 23 heavy (non-hydrogen) atoms. The van der Waals surface area contributed by atoms with E-state index in [0.29, 0.717) is 12.0 Å². The molecule has 0 spiro atoms. The maximum absolute atomic E-state index is 12.3. The summed E-state index contributed by atoms with van der Waals surface area (Å²) in [6.07, 6.45) is 3.47. The molecule has 0 aliphatic heterocycles. The van der Waals surface area contributed by atoms with E-state index in [2.05, 4.69) is 12.0 Å². The first-order chi connectivity index (χ1) is 11.0. The second kappa shape index (κ2) is 5.99. The molecular weight excluding hydrogens is 292 g/mol. The van der Waals surface area contributed by atoms with Crippen molar-refractivity contribution in [3.63, 3.8) is 0 Å².